The predicted octanol–water partition coefficient (Wildman–Crippen LogP) is 2.61. The van der Waals surface area contributed by atoms with Gasteiger partial charge in [-0.05, 0) is 26.3 Å². The Bertz CT molecular complexity index is 636. The maximum atomic E-state index is 11.0. The zero-order chi connectivity index (χ0) is 14.7. The van der Waals surface area contributed by atoms with Crippen LogP contribution in [0.4, 0.5) is 11.4 Å². The van der Waals surface area contributed by atoms with Crippen LogP contribution in [-0.4, -0.2) is 26.2 Å². The summed E-state index contributed by atoms with van der Waals surface area (Å²) in [5.41, 5.74) is 1.38. The van der Waals surface area contributed by atoms with Crippen molar-refractivity contribution in [2.24, 2.45) is 0 Å². The van der Waals surface area contributed by atoms with E-state index in [0.29, 0.717) is 23.0 Å². The van der Waals surface area contributed by atoms with Crippen molar-refractivity contribution in [3.05, 3.63) is 40.0 Å². The predicted molar refractivity (Wildman–Crippen MR) is 76.3 cm³/mol. The lowest BCUT2D eigenvalue weighted by Gasteiger charge is -2.08. The molecule has 1 N–H and O–H groups in total. The number of nitro benzene ring substituents is 1. The van der Waals surface area contributed by atoms with Crippen molar-refractivity contribution in [2.45, 2.75) is 27.2 Å². The van der Waals surface area contributed by atoms with Gasteiger partial charge in [-0.1, -0.05) is 6.92 Å². The molecule has 20 heavy (non-hydrogen) atoms. The third-order valence-electron chi connectivity index (χ3n) is 2.81. The van der Waals surface area contributed by atoms with Gasteiger partial charge >= 0.3 is 0 Å². The van der Waals surface area contributed by atoms with Crippen molar-refractivity contribution >= 4 is 11.4 Å². The third kappa shape index (κ3) is 2.93. The SMILES string of the molecule is CCCNc1cc(-n2nc(C)nc2C)cc([N+](=O)[O-])c1. The van der Waals surface area contributed by atoms with Gasteiger partial charge in [0, 0.05) is 24.4 Å². The molecule has 0 bridgehead atoms. The summed E-state index contributed by atoms with van der Waals surface area (Å²) >= 11 is 0. The van der Waals surface area contributed by atoms with Crippen molar-refractivity contribution in [2.75, 3.05) is 11.9 Å². The van der Waals surface area contributed by atoms with E-state index < -0.39 is 4.92 Å². The van der Waals surface area contributed by atoms with E-state index in [0.717, 1.165) is 13.0 Å². The number of nitrogens with zero attached hydrogens (tertiary/aromatic N) is 4. The second-order valence-corrected chi connectivity index (χ2v) is 4.54. The molecule has 0 radical (unpaired) electrons. The standard InChI is InChI=1S/C13H17N5O2/c1-4-5-14-11-6-12(8-13(7-11)18(19)20)17-10(3)15-9(2)16-17/h6-8,14H,4-5H2,1-3H3. The Balaban J connectivity index is 2.48. The summed E-state index contributed by atoms with van der Waals surface area (Å²) in [6.45, 7) is 6.40. The highest BCUT2D eigenvalue weighted by molar-refractivity contribution is 5.58. The number of aryl methyl sites for hydroxylation is 2. The summed E-state index contributed by atoms with van der Waals surface area (Å²) in [4.78, 5) is 14.8. The van der Waals surface area contributed by atoms with Crippen molar-refractivity contribution in [1.29, 1.82) is 0 Å². The fourth-order valence-corrected chi connectivity index (χ4v) is 1.96. The molecule has 0 amide bonds. The average molecular weight is 275 g/mol. The number of hydrogen-bond donors (Lipinski definition) is 1. The molecule has 2 aromatic rings. The van der Waals surface area contributed by atoms with Crippen LogP contribution in [0.2, 0.25) is 0 Å². The van der Waals surface area contributed by atoms with Crippen LogP contribution in [-0.2, 0) is 0 Å². The molecule has 1 aromatic heterocycles. The van der Waals surface area contributed by atoms with E-state index in [2.05, 4.69) is 15.4 Å². The monoisotopic (exact) mass is 275 g/mol. The lowest BCUT2D eigenvalue weighted by molar-refractivity contribution is -0.384. The molecular formula is C13H17N5O2. The third-order valence-corrected chi connectivity index (χ3v) is 2.81. The second kappa shape index (κ2) is 5.68. The first-order valence-electron chi connectivity index (χ1n) is 6.45. The Morgan fingerprint density at radius 2 is 2.10 bits per heavy atom. The highest BCUT2D eigenvalue weighted by Crippen LogP contribution is 2.24. The lowest BCUT2D eigenvalue weighted by atomic mass is 10.2. The van der Waals surface area contributed by atoms with E-state index in [4.69, 9.17) is 0 Å². The number of rotatable bonds is 5. The van der Waals surface area contributed by atoms with Crippen molar-refractivity contribution < 1.29 is 4.92 Å². The van der Waals surface area contributed by atoms with Gasteiger partial charge in [0.1, 0.15) is 11.6 Å². The van der Waals surface area contributed by atoms with Crippen molar-refractivity contribution in [3.63, 3.8) is 0 Å². The van der Waals surface area contributed by atoms with Gasteiger partial charge in [0.05, 0.1) is 10.6 Å². The van der Waals surface area contributed by atoms with E-state index in [1.54, 1.807) is 11.6 Å². The number of nitrogens with one attached hydrogen (secondary N) is 1. The summed E-state index contributed by atoms with van der Waals surface area (Å²) in [6.07, 6.45) is 0.944. The number of aromatic nitrogens is 3. The van der Waals surface area contributed by atoms with Crippen molar-refractivity contribution in [3.8, 4) is 5.69 Å². The second-order valence-electron chi connectivity index (χ2n) is 4.54. The van der Waals surface area contributed by atoms with Crippen LogP contribution in [0.1, 0.15) is 25.0 Å². The molecule has 7 nitrogen and oxygen atoms in total. The minimum absolute atomic E-state index is 0.0358. The van der Waals surface area contributed by atoms with Gasteiger partial charge in [-0.25, -0.2) is 9.67 Å². The first-order chi connectivity index (χ1) is 9.51. The molecule has 0 unspecified atom stereocenters. The summed E-state index contributed by atoms with van der Waals surface area (Å²) in [7, 11) is 0. The Hall–Kier alpha value is -2.44. The molecular weight excluding hydrogens is 258 g/mol. The van der Waals surface area contributed by atoms with Gasteiger partial charge in [0.2, 0.25) is 0 Å². The minimum Gasteiger partial charge on any atom is -0.385 e. The number of anilines is 1. The molecule has 0 aliphatic heterocycles. The molecule has 0 aliphatic carbocycles. The summed E-state index contributed by atoms with van der Waals surface area (Å²) in [5.74, 6) is 1.33. The fourth-order valence-electron chi connectivity index (χ4n) is 1.96. The van der Waals surface area contributed by atoms with Crippen LogP contribution in [0.15, 0.2) is 18.2 Å². The normalized spacial score (nSPS) is 10.6. The highest BCUT2D eigenvalue weighted by atomic mass is 16.6. The van der Waals surface area contributed by atoms with Gasteiger partial charge in [0.15, 0.2) is 0 Å². The Morgan fingerprint density at radius 1 is 1.35 bits per heavy atom. The van der Waals surface area contributed by atoms with Crippen LogP contribution in [0.5, 0.6) is 0 Å². The molecule has 7 heteroatoms. The van der Waals surface area contributed by atoms with E-state index in [1.165, 1.54) is 12.1 Å². The number of benzene rings is 1. The number of hydrogen-bond acceptors (Lipinski definition) is 5. The summed E-state index contributed by atoms with van der Waals surface area (Å²) in [6, 6.07) is 4.86. The van der Waals surface area contributed by atoms with Gasteiger partial charge in [-0.2, -0.15) is 5.10 Å². The van der Waals surface area contributed by atoms with Gasteiger partial charge in [0.25, 0.3) is 5.69 Å². The molecule has 0 spiro atoms. The minimum atomic E-state index is -0.403. The van der Waals surface area contributed by atoms with Crippen LogP contribution >= 0.6 is 0 Å². The smallest absolute Gasteiger partial charge is 0.273 e. The molecule has 0 atom stereocenters. The fraction of sp³-hybridized carbons (Fsp3) is 0.385. The largest absolute Gasteiger partial charge is 0.385 e. The van der Waals surface area contributed by atoms with Crippen LogP contribution < -0.4 is 5.32 Å². The molecule has 106 valence electrons. The molecule has 0 fully saturated rings. The Kier molecular flexibility index (Phi) is 3.97. The van der Waals surface area contributed by atoms with Gasteiger partial charge < -0.3 is 5.32 Å². The molecule has 1 aromatic carbocycles. The quantitative estimate of drug-likeness (QED) is 0.669. The zero-order valence-corrected chi connectivity index (χ0v) is 11.8. The molecule has 0 saturated heterocycles. The van der Waals surface area contributed by atoms with Gasteiger partial charge in [-0.3, -0.25) is 10.1 Å². The molecule has 2 rings (SSSR count). The van der Waals surface area contributed by atoms with E-state index in [9.17, 15) is 10.1 Å². The Labute approximate surface area is 116 Å². The zero-order valence-electron chi connectivity index (χ0n) is 11.8. The average Bonchev–Trinajstić information content (AvgIpc) is 2.75. The van der Waals surface area contributed by atoms with Crippen LogP contribution in [0, 0.1) is 24.0 Å². The van der Waals surface area contributed by atoms with Crippen LogP contribution in [0.3, 0.4) is 0 Å². The Morgan fingerprint density at radius 3 is 2.65 bits per heavy atom. The molecule has 1 heterocycles. The maximum Gasteiger partial charge on any atom is 0.273 e. The number of nitro groups is 1. The first-order valence-corrected chi connectivity index (χ1v) is 6.45. The van der Waals surface area contributed by atoms with Gasteiger partial charge in [-0.15, -0.1) is 0 Å². The lowest BCUT2D eigenvalue weighted by Crippen LogP contribution is -2.05. The molecule has 0 aliphatic rings. The first kappa shape index (κ1) is 14.0. The topological polar surface area (TPSA) is 85.9 Å². The summed E-state index contributed by atoms with van der Waals surface area (Å²) in [5, 5.41) is 18.5. The maximum absolute atomic E-state index is 11.0. The van der Waals surface area contributed by atoms with E-state index in [1.807, 2.05) is 19.9 Å². The van der Waals surface area contributed by atoms with Crippen LogP contribution in [0.25, 0.3) is 5.69 Å². The summed E-state index contributed by atoms with van der Waals surface area (Å²) < 4.78 is 1.61. The molecule has 0 saturated carbocycles. The highest BCUT2D eigenvalue weighted by Gasteiger charge is 2.13. The van der Waals surface area contributed by atoms with E-state index >= 15 is 0 Å². The number of non-ortho nitro benzene ring substituents is 1. The van der Waals surface area contributed by atoms with E-state index in [-0.39, 0.29) is 5.69 Å². The van der Waals surface area contributed by atoms with Crippen molar-refractivity contribution in [1.82, 2.24) is 14.8 Å².